The maximum Gasteiger partial charge on any atom is 0.0182 e. The van der Waals surface area contributed by atoms with E-state index in [9.17, 15) is 0 Å². The first kappa shape index (κ1) is 8.35. The SMILES string of the molecule is Cl.NC1(C2CC2)CCCC1. The molecule has 0 spiro atoms. The molecule has 2 aliphatic rings. The Balaban J connectivity index is 0.000000500. The van der Waals surface area contributed by atoms with E-state index in [2.05, 4.69) is 0 Å². The van der Waals surface area contributed by atoms with Gasteiger partial charge in [0.25, 0.3) is 0 Å². The summed E-state index contributed by atoms with van der Waals surface area (Å²) >= 11 is 0. The molecule has 1 nitrogen and oxygen atoms in total. The lowest BCUT2D eigenvalue weighted by Gasteiger charge is -2.22. The number of hydrogen-bond acceptors (Lipinski definition) is 1. The van der Waals surface area contributed by atoms with Gasteiger partial charge in [-0.15, -0.1) is 12.4 Å². The van der Waals surface area contributed by atoms with Crippen LogP contribution in [0.2, 0.25) is 0 Å². The monoisotopic (exact) mass is 161 g/mol. The van der Waals surface area contributed by atoms with Gasteiger partial charge in [0.2, 0.25) is 0 Å². The molecule has 0 saturated heterocycles. The summed E-state index contributed by atoms with van der Waals surface area (Å²) in [4.78, 5) is 0. The number of halogens is 1. The van der Waals surface area contributed by atoms with Crippen molar-refractivity contribution < 1.29 is 0 Å². The summed E-state index contributed by atoms with van der Waals surface area (Å²) in [7, 11) is 0. The van der Waals surface area contributed by atoms with Crippen molar-refractivity contribution in [2.24, 2.45) is 11.7 Å². The molecule has 2 N–H and O–H groups in total. The minimum atomic E-state index is 0. The lowest BCUT2D eigenvalue weighted by atomic mass is 9.93. The Hall–Kier alpha value is 0.250. The Bertz CT molecular complexity index is 114. The third kappa shape index (κ3) is 1.30. The van der Waals surface area contributed by atoms with E-state index in [-0.39, 0.29) is 12.4 Å². The molecule has 2 saturated carbocycles. The largest absolute Gasteiger partial charge is 0.325 e. The molecule has 2 fully saturated rings. The third-order valence-electron chi connectivity index (χ3n) is 2.92. The van der Waals surface area contributed by atoms with Crippen LogP contribution in [0.25, 0.3) is 0 Å². The van der Waals surface area contributed by atoms with Gasteiger partial charge in [-0.05, 0) is 31.6 Å². The van der Waals surface area contributed by atoms with E-state index in [1.54, 1.807) is 0 Å². The van der Waals surface area contributed by atoms with Crippen LogP contribution in [0.4, 0.5) is 0 Å². The smallest absolute Gasteiger partial charge is 0.0182 e. The van der Waals surface area contributed by atoms with Crippen molar-refractivity contribution in [3.63, 3.8) is 0 Å². The van der Waals surface area contributed by atoms with Crippen LogP contribution < -0.4 is 5.73 Å². The molecule has 0 aromatic rings. The van der Waals surface area contributed by atoms with Crippen molar-refractivity contribution >= 4 is 12.4 Å². The van der Waals surface area contributed by atoms with Gasteiger partial charge in [-0.2, -0.15) is 0 Å². The minimum absolute atomic E-state index is 0. The van der Waals surface area contributed by atoms with Crippen LogP contribution in [-0.4, -0.2) is 5.54 Å². The fourth-order valence-electron chi connectivity index (χ4n) is 2.10. The third-order valence-corrected chi connectivity index (χ3v) is 2.92. The lowest BCUT2D eigenvalue weighted by Crippen LogP contribution is -2.38. The predicted molar refractivity (Wildman–Crippen MR) is 45.4 cm³/mol. The van der Waals surface area contributed by atoms with Crippen LogP contribution in [-0.2, 0) is 0 Å². The maximum atomic E-state index is 6.16. The molecule has 0 unspecified atom stereocenters. The second-order valence-corrected chi connectivity index (χ2v) is 3.71. The number of nitrogens with two attached hydrogens (primary N) is 1. The Labute approximate surface area is 68.8 Å². The van der Waals surface area contributed by atoms with E-state index >= 15 is 0 Å². The molecular formula is C8H16ClN. The van der Waals surface area contributed by atoms with Crippen LogP contribution in [0, 0.1) is 5.92 Å². The summed E-state index contributed by atoms with van der Waals surface area (Å²) < 4.78 is 0. The van der Waals surface area contributed by atoms with Gasteiger partial charge < -0.3 is 5.73 Å². The van der Waals surface area contributed by atoms with Gasteiger partial charge in [0.1, 0.15) is 0 Å². The average Bonchev–Trinajstić information content (AvgIpc) is 2.60. The Morgan fingerprint density at radius 1 is 1.10 bits per heavy atom. The minimum Gasteiger partial charge on any atom is -0.325 e. The highest BCUT2D eigenvalue weighted by molar-refractivity contribution is 5.85. The van der Waals surface area contributed by atoms with Gasteiger partial charge in [0, 0.05) is 5.54 Å². The Morgan fingerprint density at radius 2 is 1.60 bits per heavy atom. The summed E-state index contributed by atoms with van der Waals surface area (Å²) in [5.74, 6) is 0.917. The molecule has 10 heavy (non-hydrogen) atoms. The molecule has 0 aliphatic heterocycles. The van der Waals surface area contributed by atoms with Gasteiger partial charge in [-0.3, -0.25) is 0 Å². The van der Waals surface area contributed by atoms with Crippen molar-refractivity contribution in [3.05, 3.63) is 0 Å². The Kier molecular flexibility index (Phi) is 2.26. The van der Waals surface area contributed by atoms with E-state index < -0.39 is 0 Å². The number of hydrogen-bond donors (Lipinski definition) is 1. The molecule has 2 aliphatic carbocycles. The molecule has 60 valence electrons. The van der Waals surface area contributed by atoms with E-state index in [0.29, 0.717) is 5.54 Å². The van der Waals surface area contributed by atoms with Crippen molar-refractivity contribution in [3.8, 4) is 0 Å². The highest BCUT2D eigenvalue weighted by Crippen LogP contribution is 2.46. The molecule has 2 heteroatoms. The van der Waals surface area contributed by atoms with Gasteiger partial charge in [0.05, 0.1) is 0 Å². The summed E-state index contributed by atoms with van der Waals surface area (Å²) in [6.45, 7) is 0. The molecule has 0 radical (unpaired) electrons. The summed E-state index contributed by atoms with van der Waals surface area (Å²) in [5, 5.41) is 0. The molecule has 0 bridgehead atoms. The van der Waals surface area contributed by atoms with Crippen LogP contribution >= 0.6 is 12.4 Å². The first-order valence-electron chi connectivity index (χ1n) is 4.10. The average molecular weight is 162 g/mol. The van der Waals surface area contributed by atoms with Gasteiger partial charge >= 0.3 is 0 Å². The molecule has 0 atom stereocenters. The van der Waals surface area contributed by atoms with Gasteiger partial charge in [-0.1, -0.05) is 12.8 Å². The fourth-order valence-corrected chi connectivity index (χ4v) is 2.10. The molecule has 2 rings (SSSR count). The highest BCUT2D eigenvalue weighted by Gasteiger charge is 2.43. The molecule has 0 aromatic heterocycles. The molecule has 0 aromatic carbocycles. The van der Waals surface area contributed by atoms with Crippen LogP contribution in [0.3, 0.4) is 0 Å². The second kappa shape index (κ2) is 2.71. The highest BCUT2D eigenvalue weighted by atomic mass is 35.5. The zero-order chi connectivity index (χ0) is 6.32. The predicted octanol–water partition coefficient (Wildman–Crippen LogP) is 2.09. The molecule has 0 amide bonds. The zero-order valence-electron chi connectivity index (χ0n) is 6.31. The van der Waals surface area contributed by atoms with Crippen molar-refractivity contribution in [2.45, 2.75) is 44.1 Å². The summed E-state index contributed by atoms with van der Waals surface area (Å²) in [6.07, 6.45) is 8.20. The topological polar surface area (TPSA) is 26.0 Å². The second-order valence-electron chi connectivity index (χ2n) is 3.71. The van der Waals surface area contributed by atoms with Crippen LogP contribution in [0.1, 0.15) is 38.5 Å². The lowest BCUT2D eigenvalue weighted by molar-refractivity contribution is 0.382. The molecule has 0 heterocycles. The van der Waals surface area contributed by atoms with E-state index in [1.165, 1.54) is 38.5 Å². The molecular weight excluding hydrogens is 146 g/mol. The van der Waals surface area contributed by atoms with Crippen LogP contribution in [0.15, 0.2) is 0 Å². The Morgan fingerprint density at radius 3 is 2.00 bits per heavy atom. The standard InChI is InChI=1S/C8H15N.ClH/c9-8(7-3-4-7)5-1-2-6-8;/h7H,1-6,9H2;1H. The zero-order valence-corrected chi connectivity index (χ0v) is 7.12. The van der Waals surface area contributed by atoms with Crippen molar-refractivity contribution in [1.82, 2.24) is 0 Å². The first-order valence-corrected chi connectivity index (χ1v) is 4.10. The van der Waals surface area contributed by atoms with Crippen molar-refractivity contribution in [1.29, 1.82) is 0 Å². The van der Waals surface area contributed by atoms with E-state index in [4.69, 9.17) is 5.73 Å². The quantitative estimate of drug-likeness (QED) is 0.626. The summed E-state index contributed by atoms with van der Waals surface area (Å²) in [5.41, 5.74) is 6.47. The first-order chi connectivity index (χ1) is 4.31. The summed E-state index contributed by atoms with van der Waals surface area (Å²) in [6, 6.07) is 0. The fraction of sp³-hybridized carbons (Fsp3) is 1.00. The number of rotatable bonds is 1. The van der Waals surface area contributed by atoms with Crippen LogP contribution in [0.5, 0.6) is 0 Å². The maximum absolute atomic E-state index is 6.16. The van der Waals surface area contributed by atoms with E-state index in [0.717, 1.165) is 5.92 Å². The van der Waals surface area contributed by atoms with Crippen molar-refractivity contribution in [2.75, 3.05) is 0 Å². The normalized spacial score (nSPS) is 29.7. The van der Waals surface area contributed by atoms with E-state index in [1.807, 2.05) is 0 Å². The van der Waals surface area contributed by atoms with Gasteiger partial charge in [-0.25, -0.2) is 0 Å². The van der Waals surface area contributed by atoms with Gasteiger partial charge in [0.15, 0.2) is 0 Å².